The van der Waals surface area contributed by atoms with Gasteiger partial charge in [0.05, 0.1) is 6.04 Å². The molecule has 4 heterocycles. The fourth-order valence-electron chi connectivity index (χ4n) is 3.37. The minimum atomic E-state index is 0.0427. The number of nitrogens with one attached hydrogen (secondary N) is 2. The summed E-state index contributed by atoms with van der Waals surface area (Å²) in [6.45, 7) is 2.45. The Balaban J connectivity index is 1.64. The van der Waals surface area contributed by atoms with E-state index in [1.807, 2.05) is 16.5 Å². The maximum absolute atomic E-state index is 13.0. The first-order valence-corrected chi connectivity index (χ1v) is 8.70. The second-order valence-electron chi connectivity index (χ2n) is 5.84. The largest absolute Gasteiger partial charge is 0.328 e. The molecule has 0 saturated carbocycles. The third-order valence-electron chi connectivity index (χ3n) is 4.51. The van der Waals surface area contributed by atoms with Gasteiger partial charge >= 0.3 is 0 Å². The number of carbonyl (C=O) groups excluding carboxylic acids is 1. The molecule has 0 aliphatic carbocycles. The average molecular weight is 317 g/mol. The van der Waals surface area contributed by atoms with E-state index in [0.717, 1.165) is 61.6 Å². The topological polar surface area (TPSA) is 73.9 Å². The standard InChI is InChI=1S/C15H19N5OS/c21-15(13-10-9-16-5-4-11(10)18-19-13)20-7-2-1-3-12(20)14-17-6-8-22-14/h6,8,12,16H,1-5,7,9H2,(H,18,19). The van der Waals surface area contributed by atoms with Crippen LogP contribution in [0.2, 0.25) is 0 Å². The number of rotatable bonds is 2. The Hall–Kier alpha value is -1.73. The Morgan fingerprint density at radius 1 is 1.41 bits per heavy atom. The molecule has 2 aromatic heterocycles. The van der Waals surface area contributed by atoms with Crippen LogP contribution in [0.15, 0.2) is 11.6 Å². The van der Waals surface area contributed by atoms with E-state index in [4.69, 9.17) is 0 Å². The Morgan fingerprint density at radius 3 is 3.23 bits per heavy atom. The number of piperidine rings is 1. The van der Waals surface area contributed by atoms with Crippen LogP contribution in [0.25, 0.3) is 0 Å². The lowest BCUT2D eigenvalue weighted by Crippen LogP contribution is -2.39. The van der Waals surface area contributed by atoms with Crippen molar-refractivity contribution in [1.29, 1.82) is 0 Å². The number of aromatic amines is 1. The molecule has 6 nitrogen and oxygen atoms in total. The molecule has 0 spiro atoms. The number of likely N-dealkylation sites (tertiary alicyclic amines) is 1. The van der Waals surface area contributed by atoms with Gasteiger partial charge in [-0.1, -0.05) is 0 Å². The van der Waals surface area contributed by atoms with Crippen LogP contribution < -0.4 is 5.32 Å². The zero-order valence-corrected chi connectivity index (χ0v) is 13.2. The van der Waals surface area contributed by atoms with Crippen molar-refractivity contribution >= 4 is 17.2 Å². The normalized spacial score (nSPS) is 21.6. The molecule has 1 saturated heterocycles. The molecule has 22 heavy (non-hydrogen) atoms. The number of fused-ring (bicyclic) bond motifs is 1. The zero-order valence-electron chi connectivity index (χ0n) is 12.3. The number of nitrogens with zero attached hydrogens (tertiary/aromatic N) is 3. The number of aromatic nitrogens is 3. The third kappa shape index (κ3) is 2.34. The Morgan fingerprint density at radius 2 is 2.36 bits per heavy atom. The monoisotopic (exact) mass is 317 g/mol. The molecule has 1 amide bonds. The molecule has 7 heteroatoms. The van der Waals surface area contributed by atoms with Crippen molar-refractivity contribution in [3.8, 4) is 0 Å². The smallest absolute Gasteiger partial charge is 0.275 e. The van der Waals surface area contributed by atoms with Gasteiger partial charge in [0.1, 0.15) is 5.01 Å². The predicted molar refractivity (Wildman–Crippen MR) is 83.7 cm³/mol. The predicted octanol–water partition coefficient (Wildman–Crippen LogP) is 1.88. The Labute approximate surface area is 132 Å². The SMILES string of the molecule is O=C(c1n[nH]c2c1CNCC2)N1CCCCC1c1nccs1. The molecule has 1 atom stereocenters. The molecular weight excluding hydrogens is 298 g/mol. The van der Waals surface area contributed by atoms with E-state index in [2.05, 4.69) is 20.5 Å². The summed E-state index contributed by atoms with van der Waals surface area (Å²) in [4.78, 5) is 19.4. The Kier molecular flexibility index (Phi) is 3.67. The molecule has 0 aromatic carbocycles. The minimum Gasteiger partial charge on any atom is -0.328 e. The van der Waals surface area contributed by atoms with Crippen molar-refractivity contribution in [2.75, 3.05) is 13.1 Å². The lowest BCUT2D eigenvalue weighted by atomic mass is 10.0. The number of thiazole rings is 1. The highest BCUT2D eigenvalue weighted by Gasteiger charge is 2.33. The van der Waals surface area contributed by atoms with Gasteiger partial charge in [0.15, 0.2) is 5.69 Å². The molecule has 1 unspecified atom stereocenters. The van der Waals surface area contributed by atoms with Crippen molar-refractivity contribution < 1.29 is 4.79 Å². The fourth-order valence-corrected chi connectivity index (χ4v) is 4.15. The molecule has 4 rings (SSSR count). The number of H-pyrrole nitrogens is 1. The first-order valence-electron chi connectivity index (χ1n) is 7.82. The first-order chi connectivity index (χ1) is 10.8. The summed E-state index contributed by atoms with van der Waals surface area (Å²) in [7, 11) is 0. The lowest BCUT2D eigenvalue weighted by Gasteiger charge is -2.34. The number of amides is 1. The van der Waals surface area contributed by atoms with E-state index < -0.39 is 0 Å². The highest BCUT2D eigenvalue weighted by atomic mass is 32.1. The van der Waals surface area contributed by atoms with Crippen LogP contribution in [0.5, 0.6) is 0 Å². The van der Waals surface area contributed by atoms with Crippen molar-refractivity contribution in [3.63, 3.8) is 0 Å². The molecule has 0 radical (unpaired) electrons. The molecule has 2 aliphatic heterocycles. The van der Waals surface area contributed by atoms with Crippen molar-refractivity contribution in [2.45, 2.75) is 38.3 Å². The van der Waals surface area contributed by atoms with Crippen LogP contribution in [0, 0.1) is 0 Å². The van der Waals surface area contributed by atoms with E-state index in [-0.39, 0.29) is 11.9 Å². The number of carbonyl (C=O) groups is 1. The fraction of sp³-hybridized carbons (Fsp3) is 0.533. The van der Waals surface area contributed by atoms with Crippen LogP contribution in [0.3, 0.4) is 0 Å². The van der Waals surface area contributed by atoms with Crippen molar-refractivity contribution in [3.05, 3.63) is 33.5 Å². The summed E-state index contributed by atoms with van der Waals surface area (Å²) < 4.78 is 0. The minimum absolute atomic E-state index is 0.0427. The molecule has 1 fully saturated rings. The van der Waals surface area contributed by atoms with Gasteiger partial charge in [0.2, 0.25) is 0 Å². The van der Waals surface area contributed by atoms with Gasteiger partial charge in [0, 0.05) is 48.9 Å². The van der Waals surface area contributed by atoms with Crippen LogP contribution >= 0.6 is 11.3 Å². The van der Waals surface area contributed by atoms with Gasteiger partial charge in [-0.2, -0.15) is 5.10 Å². The van der Waals surface area contributed by atoms with E-state index in [9.17, 15) is 4.79 Å². The highest BCUT2D eigenvalue weighted by Crippen LogP contribution is 2.33. The zero-order chi connectivity index (χ0) is 14.9. The van der Waals surface area contributed by atoms with E-state index in [1.165, 1.54) is 0 Å². The first kappa shape index (κ1) is 13.9. The van der Waals surface area contributed by atoms with E-state index in [0.29, 0.717) is 5.69 Å². The van der Waals surface area contributed by atoms with Crippen LogP contribution in [-0.4, -0.2) is 39.1 Å². The lowest BCUT2D eigenvalue weighted by molar-refractivity contribution is 0.0603. The van der Waals surface area contributed by atoms with Crippen LogP contribution in [-0.2, 0) is 13.0 Å². The summed E-state index contributed by atoms with van der Waals surface area (Å²) in [6, 6.07) is 0.102. The van der Waals surface area contributed by atoms with Gasteiger partial charge in [0.25, 0.3) is 5.91 Å². The summed E-state index contributed by atoms with van der Waals surface area (Å²) in [5, 5.41) is 13.7. The van der Waals surface area contributed by atoms with E-state index >= 15 is 0 Å². The summed E-state index contributed by atoms with van der Waals surface area (Å²) >= 11 is 1.63. The maximum Gasteiger partial charge on any atom is 0.275 e. The molecule has 2 N–H and O–H groups in total. The van der Waals surface area contributed by atoms with Gasteiger partial charge < -0.3 is 10.2 Å². The summed E-state index contributed by atoms with van der Waals surface area (Å²) in [6.07, 6.45) is 5.92. The number of hydrogen-bond donors (Lipinski definition) is 2. The van der Waals surface area contributed by atoms with Crippen LogP contribution in [0.4, 0.5) is 0 Å². The summed E-state index contributed by atoms with van der Waals surface area (Å²) in [5.74, 6) is 0.0427. The highest BCUT2D eigenvalue weighted by molar-refractivity contribution is 7.09. The number of hydrogen-bond acceptors (Lipinski definition) is 5. The van der Waals surface area contributed by atoms with Crippen molar-refractivity contribution in [2.24, 2.45) is 0 Å². The van der Waals surface area contributed by atoms with Gasteiger partial charge in [-0.05, 0) is 19.3 Å². The van der Waals surface area contributed by atoms with Gasteiger partial charge in [-0.3, -0.25) is 9.89 Å². The summed E-state index contributed by atoms with van der Waals surface area (Å²) in [5.41, 5.74) is 2.73. The quantitative estimate of drug-likeness (QED) is 0.887. The molecule has 0 bridgehead atoms. The molecular formula is C15H19N5OS. The molecule has 116 valence electrons. The van der Waals surface area contributed by atoms with Gasteiger partial charge in [-0.25, -0.2) is 4.98 Å². The van der Waals surface area contributed by atoms with Crippen LogP contribution in [0.1, 0.15) is 52.1 Å². The van der Waals surface area contributed by atoms with E-state index in [1.54, 1.807) is 11.3 Å². The van der Waals surface area contributed by atoms with Crippen molar-refractivity contribution in [1.82, 2.24) is 25.4 Å². The molecule has 2 aromatic rings. The van der Waals surface area contributed by atoms with Gasteiger partial charge in [-0.15, -0.1) is 11.3 Å². The second kappa shape index (κ2) is 5.81. The Bertz CT molecular complexity index is 666. The average Bonchev–Trinajstić information content (AvgIpc) is 3.24. The third-order valence-corrected chi connectivity index (χ3v) is 5.39. The second-order valence-corrected chi connectivity index (χ2v) is 6.76. The molecule has 2 aliphatic rings. The maximum atomic E-state index is 13.0.